The van der Waals surface area contributed by atoms with Crippen LogP contribution in [0.25, 0.3) is 33.4 Å². The average Bonchev–Trinajstić information content (AvgIpc) is 3.55. The first-order valence-electron chi connectivity index (χ1n) is 17.0. The number of rotatable bonds is 5. The highest BCUT2D eigenvalue weighted by Crippen LogP contribution is 2.57. The molecule has 230 valence electrons. The molecule has 2 aliphatic carbocycles. The standard InChI is InChI=1S/C47H37N/c1-46(2)38-25-12-10-24-37(38)45-42(46)29-17-31-44(45)48(32-18-5-4-6-19-32)43-30-16-11-23-36(43)35-22-9-15-28-41(35)47(3)39-26-13-7-20-33(39)34-21-8-14-27-40(34)47/h4-31H,1-3H3. The maximum atomic E-state index is 2.49. The average molecular weight is 616 g/mol. The van der Waals surface area contributed by atoms with Gasteiger partial charge in [0.15, 0.2) is 0 Å². The molecule has 1 heteroatoms. The van der Waals surface area contributed by atoms with Crippen molar-refractivity contribution in [2.75, 3.05) is 4.90 Å². The molecular weight excluding hydrogens is 579 g/mol. The molecule has 0 radical (unpaired) electrons. The van der Waals surface area contributed by atoms with Crippen molar-refractivity contribution in [2.45, 2.75) is 31.6 Å². The third kappa shape index (κ3) is 3.97. The first-order chi connectivity index (χ1) is 23.5. The van der Waals surface area contributed by atoms with Gasteiger partial charge in [0.1, 0.15) is 0 Å². The van der Waals surface area contributed by atoms with Gasteiger partial charge in [-0.25, -0.2) is 0 Å². The predicted octanol–water partition coefficient (Wildman–Crippen LogP) is 12.5. The molecule has 2 aliphatic rings. The lowest BCUT2D eigenvalue weighted by Crippen LogP contribution is -2.23. The second-order valence-corrected chi connectivity index (χ2v) is 13.8. The Morgan fingerprint density at radius 3 is 1.35 bits per heavy atom. The summed E-state index contributed by atoms with van der Waals surface area (Å²) in [7, 11) is 0. The molecule has 7 aromatic carbocycles. The highest BCUT2D eigenvalue weighted by molar-refractivity contribution is 5.98. The molecule has 0 unspecified atom stereocenters. The highest BCUT2D eigenvalue weighted by atomic mass is 15.1. The Balaban J connectivity index is 1.31. The summed E-state index contributed by atoms with van der Waals surface area (Å²) >= 11 is 0. The van der Waals surface area contributed by atoms with Crippen molar-refractivity contribution >= 4 is 17.1 Å². The Morgan fingerprint density at radius 1 is 0.333 bits per heavy atom. The van der Waals surface area contributed by atoms with E-state index in [9.17, 15) is 0 Å². The molecule has 0 atom stereocenters. The van der Waals surface area contributed by atoms with Crippen molar-refractivity contribution in [2.24, 2.45) is 0 Å². The van der Waals surface area contributed by atoms with Crippen molar-refractivity contribution in [1.29, 1.82) is 0 Å². The summed E-state index contributed by atoms with van der Waals surface area (Å²) in [6.07, 6.45) is 0. The van der Waals surface area contributed by atoms with Crippen LogP contribution in [0.15, 0.2) is 170 Å². The van der Waals surface area contributed by atoms with Gasteiger partial charge in [-0.3, -0.25) is 0 Å². The largest absolute Gasteiger partial charge is 0.309 e. The van der Waals surface area contributed by atoms with Crippen LogP contribution < -0.4 is 4.90 Å². The Kier molecular flexibility index (Phi) is 6.36. The minimum absolute atomic E-state index is 0.0890. The number of anilines is 3. The van der Waals surface area contributed by atoms with Crippen LogP contribution in [0.1, 0.15) is 48.6 Å². The summed E-state index contributed by atoms with van der Waals surface area (Å²) in [4.78, 5) is 2.49. The van der Waals surface area contributed by atoms with E-state index in [1.165, 1.54) is 66.9 Å². The van der Waals surface area contributed by atoms with Crippen LogP contribution in [0.5, 0.6) is 0 Å². The molecule has 9 rings (SSSR count). The zero-order valence-electron chi connectivity index (χ0n) is 27.6. The lowest BCUT2D eigenvalue weighted by Gasteiger charge is -2.33. The molecule has 0 spiro atoms. The SMILES string of the molecule is CC1(C)c2ccccc2-c2c(N(c3ccccc3)c3ccccc3-c3ccccc3C3(C)c4ccccc4-c4ccccc43)cccc21. The van der Waals surface area contributed by atoms with Crippen LogP contribution in [-0.4, -0.2) is 0 Å². The molecule has 0 saturated carbocycles. The van der Waals surface area contributed by atoms with E-state index in [1.807, 2.05) is 0 Å². The van der Waals surface area contributed by atoms with E-state index < -0.39 is 0 Å². The maximum Gasteiger partial charge on any atom is 0.0543 e. The summed E-state index contributed by atoms with van der Waals surface area (Å²) in [5, 5.41) is 0. The number of hydrogen-bond acceptors (Lipinski definition) is 1. The Labute approximate surface area is 283 Å². The van der Waals surface area contributed by atoms with Gasteiger partial charge in [0, 0.05) is 27.6 Å². The number of nitrogens with zero attached hydrogens (tertiary/aromatic N) is 1. The number of para-hydroxylation sites is 2. The van der Waals surface area contributed by atoms with Crippen molar-refractivity contribution in [3.05, 3.63) is 198 Å². The van der Waals surface area contributed by atoms with Gasteiger partial charge in [-0.05, 0) is 81.3 Å². The molecule has 0 heterocycles. The number of hydrogen-bond donors (Lipinski definition) is 0. The first kappa shape index (κ1) is 28.6. The highest BCUT2D eigenvalue weighted by Gasteiger charge is 2.42. The Bertz CT molecular complexity index is 2300. The molecule has 0 fully saturated rings. The van der Waals surface area contributed by atoms with Gasteiger partial charge in [-0.1, -0.05) is 159 Å². The van der Waals surface area contributed by atoms with Crippen LogP contribution in [0, 0.1) is 0 Å². The minimum atomic E-state index is -0.314. The third-order valence-corrected chi connectivity index (χ3v) is 11.0. The van der Waals surface area contributed by atoms with Gasteiger partial charge in [0.25, 0.3) is 0 Å². The quantitative estimate of drug-likeness (QED) is 0.186. The van der Waals surface area contributed by atoms with Crippen LogP contribution in [0.3, 0.4) is 0 Å². The zero-order chi connectivity index (χ0) is 32.5. The summed E-state index contributed by atoms with van der Waals surface area (Å²) < 4.78 is 0. The molecule has 0 bridgehead atoms. The fourth-order valence-corrected chi connectivity index (χ4v) is 8.70. The second-order valence-electron chi connectivity index (χ2n) is 13.8. The van der Waals surface area contributed by atoms with Crippen LogP contribution in [0.4, 0.5) is 17.1 Å². The van der Waals surface area contributed by atoms with Crippen LogP contribution in [-0.2, 0) is 10.8 Å². The van der Waals surface area contributed by atoms with Gasteiger partial charge in [-0.15, -0.1) is 0 Å². The normalized spacial score (nSPS) is 14.5. The molecular formula is C47H37N. The van der Waals surface area contributed by atoms with Crippen molar-refractivity contribution in [3.8, 4) is 33.4 Å². The number of fused-ring (bicyclic) bond motifs is 6. The molecule has 7 aromatic rings. The molecule has 1 nitrogen and oxygen atoms in total. The summed E-state index contributed by atoms with van der Waals surface area (Å²) in [5.41, 5.74) is 17.6. The van der Waals surface area contributed by atoms with Gasteiger partial charge in [0.2, 0.25) is 0 Å². The van der Waals surface area contributed by atoms with E-state index in [2.05, 4.69) is 196 Å². The zero-order valence-corrected chi connectivity index (χ0v) is 27.6. The van der Waals surface area contributed by atoms with Crippen molar-refractivity contribution in [1.82, 2.24) is 0 Å². The molecule has 48 heavy (non-hydrogen) atoms. The maximum absolute atomic E-state index is 2.49. The van der Waals surface area contributed by atoms with Crippen LogP contribution >= 0.6 is 0 Å². The second kappa shape index (κ2) is 10.7. The van der Waals surface area contributed by atoms with E-state index in [0.29, 0.717) is 0 Å². The molecule has 0 aliphatic heterocycles. The van der Waals surface area contributed by atoms with Gasteiger partial charge in [0.05, 0.1) is 11.4 Å². The molecule has 0 amide bonds. The van der Waals surface area contributed by atoms with Gasteiger partial charge in [-0.2, -0.15) is 0 Å². The molecule has 0 saturated heterocycles. The third-order valence-electron chi connectivity index (χ3n) is 11.0. The Morgan fingerprint density at radius 2 is 0.750 bits per heavy atom. The van der Waals surface area contributed by atoms with E-state index >= 15 is 0 Å². The van der Waals surface area contributed by atoms with E-state index in [-0.39, 0.29) is 10.8 Å². The smallest absolute Gasteiger partial charge is 0.0543 e. The van der Waals surface area contributed by atoms with Gasteiger partial charge < -0.3 is 4.90 Å². The van der Waals surface area contributed by atoms with Crippen LogP contribution in [0.2, 0.25) is 0 Å². The molecule has 0 N–H and O–H groups in total. The van der Waals surface area contributed by atoms with Crippen molar-refractivity contribution in [3.63, 3.8) is 0 Å². The van der Waals surface area contributed by atoms with E-state index in [0.717, 1.165) is 11.4 Å². The topological polar surface area (TPSA) is 3.24 Å². The fraction of sp³-hybridized carbons (Fsp3) is 0.106. The molecule has 0 aromatic heterocycles. The summed E-state index contributed by atoms with van der Waals surface area (Å²) in [6, 6.07) is 62.6. The lowest BCUT2D eigenvalue weighted by molar-refractivity contribution is 0.660. The summed E-state index contributed by atoms with van der Waals surface area (Å²) in [5.74, 6) is 0. The Hall–Kier alpha value is -5.66. The monoisotopic (exact) mass is 615 g/mol. The summed E-state index contributed by atoms with van der Waals surface area (Å²) in [6.45, 7) is 7.13. The fourth-order valence-electron chi connectivity index (χ4n) is 8.70. The van der Waals surface area contributed by atoms with E-state index in [4.69, 9.17) is 0 Å². The number of benzene rings is 7. The van der Waals surface area contributed by atoms with Gasteiger partial charge >= 0.3 is 0 Å². The van der Waals surface area contributed by atoms with E-state index in [1.54, 1.807) is 0 Å². The predicted molar refractivity (Wildman–Crippen MR) is 202 cm³/mol. The lowest BCUT2D eigenvalue weighted by atomic mass is 9.71. The van der Waals surface area contributed by atoms with Crippen molar-refractivity contribution < 1.29 is 0 Å². The first-order valence-corrected chi connectivity index (χ1v) is 17.0. The minimum Gasteiger partial charge on any atom is -0.309 e.